The topological polar surface area (TPSA) is 57.7 Å². The summed E-state index contributed by atoms with van der Waals surface area (Å²) in [6.07, 6.45) is 2.78. The summed E-state index contributed by atoms with van der Waals surface area (Å²) in [6.45, 7) is 5.21. The third-order valence-electron chi connectivity index (χ3n) is 6.19. The largest absolute Gasteiger partial charge is 0.336 e. The van der Waals surface area contributed by atoms with E-state index in [0.29, 0.717) is 24.0 Å². The molecule has 0 bridgehead atoms. The van der Waals surface area contributed by atoms with Crippen LogP contribution in [0.3, 0.4) is 0 Å². The highest BCUT2D eigenvalue weighted by atomic mass is 79.9. The number of aryl methyl sites for hydroxylation is 2. The summed E-state index contributed by atoms with van der Waals surface area (Å²) in [6, 6.07) is 11.7. The first kappa shape index (κ1) is 20.8. The van der Waals surface area contributed by atoms with Crippen LogP contribution < -0.4 is 0 Å². The molecule has 6 heteroatoms. The fourth-order valence-corrected chi connectivity index (χ4v) is 4.74. The number of benzene rings is 2. The minimum atomic E-state index is -0.280. The second kappa shape index (κ2) is 8.34. The maximum Gasteiger partial charge on any atom is 0.261 e. The Labute approximate surface area is 185 Å². The van der Waals surface area contributed by atoms with E-state index in [-0.39, 0.29) is 30.3 Å². The van der Waals surface area contributed by atoms with Crippen molar-refractivity contribution in [1.29, 1.82) is 0 Å². The molecule has 1 atom stereocenters. The number of hydrogen-bond acceptors (Lipinski definition) is 3. The van der Waals surface area contributed by atoms with Crippen LogP contribution >= 0.6 is 15.9 Å². The number of carbonyl (C=O) groups excluding carboxylic acids is 3. The molecular weight excluding hydrogens is 444 g/mol. The fraction of sp³-hybridized carbons (Fsp3) is 0.375. The van der Waals surface area contributed by atoms with Gasteiger partial charge in [-0.25, -0.2) is 0 Å². The number of rotatable bonds is 5. The van der Waals surface area contributed by atoms with Crippen LogP contribution in [0, 0.1) is 13.8 Å². The van der Waals surface area contributed by atoms with Crippen molar-refractivity contribution in [3.05, 3.63) is 68.7 Å². The molecule has 0 saturated carbocycles. The zero-order valence-electron chi connectivity index (χ0n) is 17.3. The highest BCUT2D eigenvalue weighted by Gasteiger charge is 2.35. The predicted molar refractivity (Wildman–Crippen MR) is 118 cm³/mol. The lowest BCUT2D eigenvalue weighted by Crippen LogP contribution is -2.33. The van der Waals surface area contributed by atoms with Crippen LogP contribution in [-0.4, -0.2) is 40.6 Å². The van der Waals surface area contributed by atoms with Gasteiger partial charge in [0.15, 0.2) is 0 Å². The molecule has 0 spiro atoms. The molecule has 3 amide bonds. The zero-order valence-corrected chi connectivity index (χ0v) is 18.9. The zero-order chi connectivity index (χ0) is 21.4. The molecule has 2 aliphatic rings. The van der Waals surface area contributed by atoms with Crippen LogP contribution in [0.1, 0.15) is 69.1 Å². The van der Waals surface area contributed by atoms with Crippen molar-refractivity contribution in [2.75, 3.05) is 13.1 Å². The summed E-state index contributed by atoms with van der Waals surface area (Å²) in [5, 5.41) is 0. The molecule has 1 fully saturated rings. The summed E-state index contributed by atoms with van der Waals surface area (Å²) in [4.78, 5) is 41.3. The van der Waals surface area contributed by atoms with Gasteiger partial charge in [-0.2, -0.15) is 0 Å². The molecule has 2 aliphatic heterocycles. The Bertz CT molecular complexity index is 1030. The van der Waals surface area contributed by atoms with E-state index in [0.717, 1.165) is 23.9 Å². The van der Waals surface area contributed by atoms with Crippen LogP contribution in [-0.2, 0) is 4.79 Å². The predicted octanol–water partition coefficient (Wildman–Crippen LogP) is 4.81. The third-order valence-corrected chi connectivity index (χ3v) is 6.69. The highest BCUT2D eigenvalue weighted by molar-refractivity contribution is 9.10. The van der Waals surface area contributed by atoms with Gasteiger partial charge >= 0.3 is 0 Å². The van der Waals surface area contributed by atoms with Crippen LogP contribution in [0.5, 0.6) is 0 Å². The van der Waals surface area contributed by atoms with E-state index in [1.54, 1.807) is 18.2 Å². The van der Waals surface area contributed by atoms with Gasteiger partial charge in [0.25, 0.3) is 11.8 Å². The highest BCUT2D eigenvalue weighted by Crippen LogP contribution is 2.33. The average Bonchev–Trinajstić information content (AvgIpc) is 3.29. The Morgan fingerprint density at radius 2 is 1.80 bits per heavy atom. The number of amides is 3. The van der Waals surface area contributed by atoms with Crippen molar-refractivity contribution in [1.82, 2.24) is 9.80 Å². The monoisotopic (exact) mass is 468 g/mol. The smallest absolute Gasteiger partial charge is 0.261 e. The second-order valence-corrected chi connectivity index (χ2v) is 9.06. The van der Waals surface area contributed by atoms with E-state index >= 15 is 0 Å². The van der Waals surface area contributed by atoms with E-state index in [1.807, 2.05) is 4.90 Å². The Balaban J connectivity index is 1.37. The summed E-state index contributed by atoms with van der Waals surface area (Å²) < 4.78 is 0.769. The lowest BCUT2D eigenvalue weighted by Gasteiger charge is -2.26. The molecule has 2 aromatic carbocycles. The second-order valence-electron chi connectivity index (χ2n) is 8.14. The van der Waals surface area contributed by atoms with Crippen LogP contribution in [0.15, 0.2) is 40.9 Å². The molecule has 156 valence electrons. The number of hydrogen-bond donors (Lipinski definition) is 0. The molecule has 0 aliphatic carbocycles. The average molecular weight is 469 g/mol. The molecule has 0 radical (unpaired) electrons. The molecule has 1 saturated heterocycles. The van der Waals surface area contributed by atoms with Crippen molar-refractivity contribution in [3.63, 3.8) is 0 Å². The van der Waals surface area contributed by atoms with Gasteiger partial charge in [-0.15, -0.1) is 0 Å². The maximum atomic E-state index is 12.9. The minimum absolute atomic E-state index is 0.0927. The quantitative estimate of drug-likeness (QED) is 0.591. The van der Waals surface area contributed by atoms with Gasteiger partial charge in [0.2, 0.25) is 5.91 Å². The maximum absolute atomic E-state index is 12.9. The Morgan fingerprint density at radius 3 is 2.57 bits per heavy atom. The van der Waals surface area contributed by atoms with Crippen LogP contribution in [0.25, 0.3) is 0 Å². The molecule has 2 aromatic rings. The molecule has 0 aromatic heterocycles. The molecule has 2 heterocycles. The summed E-state index contributed by atoms with van der Waals surface area (Å²) in [7, 11) is 0. The summed E-state index contributed by atoms with van der Waals surface area (Å²) >= 11 is 3.34. The van der Waals surface area contributed by atoms with Gasteiger partial charge in [-0.1, -0.05) is 34.1 Å². The van der Waals surface area contributed by atoms with Gasteiger partial charge in [0, 0.05) is 24.0 Å². The first-order valence-corrected chi connectivity index (χ1v) is 11.2. The van der Waals surface area contributed by atoms with Gasteiger partial charge in [-0.05, 0) is 68.0 Å². The van der Waals surface area contributed by atoms with E-state index < -0.39 is 0 Å². The van der Waals surface area contributed by atoms with Gasteiger partial charge in [0.05, 0.1) is 17.2 Å². The van der Waals surface area contributed by atoms with Crippen molar-refractivity contribution < 1.29 is 14.4 Å². The minimum Gasteiger partial charge on any atom is -0.336 e. The molecule has 0 N–H and O–H groups in total. The standard InChI is InChI=1S/C24H25BrN2O3/c1-15-7-8-17(13-16(15)2)21-5-3-11-26(21)22(28)6-4-12-27-23(29)19-10-9-18(25)14-20(19)24(27)30/h7-10,13-14,21H,3-6,11-12H2,1-2H3. The van der Waals surface area contributed by atoms with Gasteiger partial charge in [0.1, 0.15) is 0 Å². The Morgan fingerprint density at radius 1 is 1.03 bits per heavy atom. The number of imide groups is 1. The van der Waals surface area contributed by atoms with Gasteiger partial charge in [-0.3, -0.25) is 19.3 Å². The lowest BCUT2D eigenvalue weighted by molar-refractivity contribution is -0.132. The fourth-order valence-electron chi connectivity index (χ4n) is 4.38. The Hall–Kier alpha value is -2.47. The van der Waals surface area contributed by atoms with Crippen molar-refractivity contribution in [3.8, 4) is 0 Å². The van der Waals surface area contributed by atoms with Crippen molar-refractivity contribution in [2.24, 2.45) is 0 Å². The lowest BCUT2D eigenvalue weighted by atomic mass is 9.99. The normalized spacial score (nSPS) is 18.3. The van der Waals surface area contributed by atoms with Crippen molar-refractivity contribution in [2.45, 2.75) is 45.6 Å². The molecule has 4 rings (SSSR count). The van der Waals surface area contributed by atoms with E-state index in [2.05, 4.69) is 48.0 Å². The van der Waals surface area contributed by atoms with Crippen LogP contribution in [0.2, 0.25) is 0 Å². The number of fused-ring (bicyclic) bond motifs is 1. The first-order chi connectivity index (χ1) is 14.4. The number of halogens is 1. The number of nitrogens with zero attached hydrogens (tertiary/aromatic N) is 2. The summed E-state index contributed by atoms with van der Waals surface area (Å²) in [5.41, 5.74) is 4.54. The van der Waals surface area contributed by atoms with Gasteiger partial charge < -0.3 is 4.90 Å². The van der Waals surface area contributed by atoms with Crippen LogP contribution in [0.4, 0.5) is 0 Å². The number of carbonyl (C=O) groups is 3. The molecule has 1 unspecified atom stereocenters. The third kappa shape index (κ3) is 3.81. The molecular formula is C24H25BrN2O3. The number of likely N-dealkylation sites (tertiary alicyclic amines) is 1. The molecule has 30 heavy (non-hydrogen) atoms. The van der Waals surface area contributed by atoms with E-state index in [1.165, 1.54) is 21.6 Å². The van der Waals surface area contributed by atoms with E-state index in [9.17, 15) is 14.4 Å². The van der Waals surface area contributed by atoms with Crippen molar-refractivity contribution >= 4 is 33.7 Å². The van der Waals surface area contributed by atoms with E-state index in [4.69, 9.17) is 0 Å². The molecule has 5 nitrogen and oxygen atoms in total. The Kier molecular flexibility index (Phi) is 5.78. The SMILES string of the molecule is Cc1ccc(C2CCCN2C(=O)CCCN2C(=O)c3ccc(Br)cc3C2=O)cc1C. The summed E-state index contributed by atoms with van der Waals surface area (Å²) in [5.74, 6) is -0.461. The first-order valence-electron chi connectivity index (χ1n) is 10.4.